The number of urea groups is 1. The summed E-state index contributed by atoms with van der Waals surface area (Å²) in [5.41, 5.74) is 0.217. The van der Waals surface area contributed by atoms with Gasteiger partial charge in [0.15, 0.2) is 11.3 Å². The number of anilines is 2. The lowest BCUT2D eigenvalue weighted by molar-refractivity contribution is -0.141. The summed E-state index contributed by atoms with van der Waals surface area (Å²) in [7, 11) is 0. The van der Waals surface area contributed by atoms with Crippen LogP contribution in [0.4, 0.5) is 29.5 Å². The molecule has 170 valence electrons. The van der Waals surface area contributed by atoms with Crippen molar-refractivity contribution in [2.45, 2.75) is 32.4 Å². The van der Waals surface area contributed by atoms with E-state index in [1.165, 1.54) is 4.52 Å². The zero-order valence-corrected chi connectivity index (χ0v) is 18.1. The maximum atomic E-state index is 13.5. The molecule has 1 aliphatic rings. The lowest BCUT2D eigenvalue weighted by atomic mass is 9.93. The maximum Gasteiger partial charge on any atom is 0.433 e. The van der Waals surface area contributed by atoms with Gasteiger partial charge in [-0.2, -0.15) is 22.8 Å². The average Bonchev–Trinajstić information content (AvgIpc) is 3.18. The Balaban J connectivity index is 1.58. The van der Waals surface area contributed by atoms with Gasteiger partial charge in [-0.25, -0.2) is 9.78 Å². The van der Waals surface area contributed by atoms with Gasteiger partial charge in [0.2, 0.25) is 0 Å². The molecular formula is C22H25F3N6O. The lowest BCUT2D eigenvalue weighted by Gasteiger charge is -2.36. The van der Waals surface area contributed by atoms with Crippen molar-refractivity contribution in [2.75, 3.05) is 36.4 Å². The van der Waals surface area contributed by atoms with E-state index in [9.17, 15) is 18.0 Å². The zero-order valence-electron chi connectivity index (χ0n) is 18.1. The van der Waals surface area contributed by atoms with Crippen LogP contribution in [0.2, 0.25) is 0 Å². The number of nitrogens with one attached hydrogen (secondary N) is 1. The minimum atomic E-state index is -4.57. The third kappa shape index (κ3) is 4.49. The molecule has 0 radical (unpaired) electrons. The summed E-state index contributed by atoms with van der Waals surface area (Å²) >= 11 is 0. The van der Waals surface area contributed by atoms with Crippen molar-refractivity contribution in [1.82, 2.24) is 19.5 Å². The Labute approximate surface area is 183 Å². The molecular weight excluding hydrogens is 421 g/mol. The van der Waals surface area contributed by atoms with Gasteiger partial charge < -0.3 is 15.1 Å². The van der Waals surface area contributed by atoms with Crippen molar-refractivity contribution < 1.29 is 18.0 Å². The van der Waals surface area contributed by atoms with Gasteiger partial charge in [0.1, 0.15) is 5.82 Å². The standard InChI is InChI=1S/C22H25F3N6O/c1-21(2,3)16-13-18-27-17(22(23,24)25)14-19(31(18)28-16)29-9-11-30(12-10-29)20(32)26-15-7-5-4-6-8-15/h4-8,13-14H,9-12H2,1-3H3,(H,26,32). The second-order valence-electron chi connectivity index (χ2n) is 8.82. The molecule has 3 aromatic rings. The number of para-hydroxylation sites is 1. The van der Waals surface area contributed by atoms with Crippen LogP contribution in [0.15, 0.2) is 42.5 Å². The highest BCUT2D eigenvalue weighted by molar-refractivity contribution is 5.89. The molecule has 0 bridgehead atoms. The number of aromatic nitrogens is 3. The van der Waals surface area contributed by atoms with Crippen LogP contribution in [0.3, 0.4) is 0 Å². The summed E-state index contributed by atoms with van der Waals surface area (Å²) in [6.45, 7) is 7.34. The van der Waals surface area contributed by atoms with Crippen LogP contribution < -0.4 is 10.2 Å². The highest BCUT2D eigenvalue weighted by Crippen LogP contribution is 2.32. The monoisotopic (exact) mass is 446 g/mol. The Hall–Kier alpha value is -3.30. The first-order valence-electron chi connectivity index (χ1n) is 10.4. The normalized spacial score (nSPS) is 15.3. The fraction of sp³-hybridized carbons (Fsp3) is 0.409. The summed E-state index contributed by atoms with van der Waals surface area (Å²) < 4.78 is 42.0. The van der Waals surface area contributed by atoms with Gasteiger partial charge in [0.25, 0.3) is 0 Å². The molecule has 4 rings (SSSR count). The Morgan fingerprint density at radius 3 is 2.22 bits per heavy atom. The van der Waals surface area contributed by atoms with Crippen molar-refractivity contribution in [1.29, 1.82) is 0 Å². The van der Waals surface area contributed by atoms with Crippen LogP contribution in [0.5, 0.6) is 0 Å². The average molecular weight is 446 g/mol. The molecule has 1 N–H and O–H groups in total. The van der Waals surface area contributed by atoms with E-state index in [2.05, 4.69) is 15.4 Å². The molecule has 7 nitrogen and oxygen atoms in total. The number of nitrogens with zero attached hydrogens (tertiary/aromatic N) is 5. The molecule has 2 amide bonds. The Bertz CT molecular complexity index is 1110. The molecule has 0 spiro atoms. The fourth-order valence-electron chi connectivity index (χ4n) is 3.56. The van der Waals surface area contributed by atoms with Crippen LogP contribution >= 0.6 is 0 Å². The molecule has 0 unspecified atom stereocenters. The Morgan fingerprint density at radius 2 is 1.62 bits per heavy atom. The van der Waals surface area contributed by atoms with Gasteiger partial charge in [-0.05, 0) is 12.1 Å². The van der Waals surface area contributed by atoms with Crippen molar-refractivity contribution >= 4 is 23.2 Å². The third-order valence-electron chi connectivity index (χ3n) is 5.38. The maximum absolute atomic E-state index is 13.5. The SMILES string of the molecule is CC(C)(C)c1cc2nc(C(F)(F)F)cc(N3CCN(C(=O)Nc4ccccc4)CC3)n2n1. The molecule has 1 aliphatic heterocycles. The number of piperazine rings is 1. The van der Waals surface area contributed by atoms with Gasteiger partial charge in [0.05, 0.1) is 5.69 Å². The molecule has 1 aromatic carbocycles. The predicted octanol–water partition coefficient (Wildman–Crippen LogP) is 4.40. The van der Waals surface area contributed by atoms with E-state index in [0.29, 0.717) is 43.4 Å². The molecule has 3 heterocycles. The second kappa shape index (κ2) is 7.99. The van der Waals surface area contributed by atoms with Crippen molar-refractivity contribution in [3.05, 3.63) is 53.9 Å². The summed E-state index contributed by atoms with van der Waals surface area (Å²) in [4.78, 5) is 19.8. The summed E-state index contributed by atoms with van der Waals surface area (Å²) in [6.07, 6.45) is -4.57. The lowest BCUT2D eigenvalue weighted by Crippen LogP contribution is -2.50. The molecule has 0 saturated carbocycles. The number of rotatable bonds is 2. The number of carbonyl (C=O) groups is 1. The van der Waals surface area contributed by atoms with E-state index in [1.807, 2.05) is 43.9 Å². The first-order chi connectivity index (χ1) is 15.0. The minimum Gasteiger partial charge on any atom is -0.353 e. The molecule has 1 fully saturated rings. The van der Waals surface area contributed by atoms with E-state index in [4.69, 9.17) is 0 Å². The molecule has 10 heteroatoms. The number of benzene rings is 1. The van der Waals surface area contributed by atoms with Gasteiger partial charge >= 0.3 is 12.2 Å². The van der Waals surface area contributed by atoms with Crippen LogP contribution in [-0.4, -0.2) is 51.7 Å². The van der Waals surface area contributed by atoms with E-state index >= 15 is 0 Å². The number of carbonyl (C=O) groups excluding carboxylic acids is 1. The van der Waals surface area contributed by atoms with E-state index in [-0.39, 0.29) is 17.1 Å². The molecule has 2 aromatic heterocycles. The summed E-state index contributed by atoms with van der Waals surface area (Å²) in [5, 5.41) is 7.38. The van der Waals surface area contributed by atoms with Crippen LogP contribution in [0.25, 0.3) is 5.65 Å². The number of fused-ring (bicyclic) bond motifs is 1. The molecule has 32 heavy (non-hydrogen) atoms. The van der Waals surface area contributed by atoms with Crippen LogP contribution in [-0.2, 0) is 11.6 Å². The van der Waals surface area contributed by atoms with E-state index in [0.717, 1.165) is 6.07 Å². The van der Waals surface area contributed by atoms with Gasteiger partial charge in [0, 0.05) is 49.4 Å². The van der Waals surface area contributed by atoms with Crippen molar-refractivity contribution in [2.24, 2.45) is 0 Å². The second-order valence-corrected chi connectivity index (χ2v) is 8.82. The smallest absolute Gasteiger partial charge is 0.353 e. The Morgan fingerprint density at radius 1 is 0.969 bits per heavy atom. The van der Waals surface area contributed by atoms with Gasteiger partial charge in [-0.1, -0.05) is 39.0 Å². The first kappa shape index (κ1) is 21.9. The van der Waals surface area contributed by atoms with E-state index in [1.54, 1.807) is 23.1 Å². The summed E-state index contributed by atoms with van der Waals surface area (Å²) in [5.74, 6) is 0.320. The topological polar surface area (TPSA) is 65.8 Å². The number of alkyl halides is 3. The predicted molar refractivity (Wildman–Crippen MR) is 116 cm³/mol. The van der Waals surface area contributed by atoms with Crippen molar-refractivity contribution in [3.8, 4) is 0 Å². The van der Waals surface area contributed by atoms with E-state index < -0.39 is 11.9 Å². The number of amides is 2. The first-order valence-corrected chi connectivity index (χ1v) is 10.4. The number of hydrogen-bond acceptors (Lipinski definition) is 4. The number of halogens is 3. The van der Waals surface area contributed by atoms with Crippen molar-refractivity contribution in [3.63, 3.8) is 0 Å². The van der Waals surface area contributed by atoms with Crippen LogP contribution in [0, 0.1) is 0 Å². The third-order valence-corrected chi connectivity index (χ3v) is 5.38. The highest BCUT2D eigenvalue weighted by Gasteiger charge is 2.35. The van der Waals surface area contributed by atoms with Gasteiger partial charge in [-0.3, -0.25) is 0 Å². The quantitative estimate of drug-likeness (QED) is 0.634. The molecule has 0 aliphatic carbocycles. The largest absolute Gasteiger partial charge is 0.433 e. The summed E-state index contributed by atoms with van der Waals surface area (Å²) in [6, 6.07) is 11.5. The Kier molecular flexibility index (Phi) is 5.47. The van der Waals surface area contributed by atoms with Gasteiger partial charge in [-0.15, -0.1) is 0 Å². The molecule has 0 atom stereocenters. The number of hydrogen-bond donors (Lipinski definition) is 1. The fourth-order valence-corrected chi connectivity index (χ4v) is 3.56. The zero-order chi connectivity index (χ0) is 23.1. The van der Waals surface area contributed by atoms with Crippen LogP contribution in [0.1, 0.15) is 32.2 Å². The highest BCUT2D eigenvalue weighted by atomic mass is 19.4. The minimum absolute atomic E-state index is 0.156. The molecule has 1 saturated heterocycles.